The molecule has 0 aromatic heterocycles. The Balaban J connectivity index is 2.08. The van der Waals surface area contributed by atoms with Crippen LogP contribution in [0.25, 0.3) is 0 Å². The molecule has 2 N–H and O–H groups in total. The lowest BCUT2D eigenvalue weighted by molar-refractivity contribution is -0.130. The Morgan fingerprint density at radius 3 is 2.00 bits per heavy atom. The minimum Gasteiger partial charge on any atom is -0.478 e. The van der Waals surface area contributed by atoms with Gasteiger partial charge in [-0.15, -0.1) is 0 Å². The summed E-state index contributed by atoms with van der Waals surface area (Å²) in [5.74, 6) is -1.10. The largest absolute Gasteiger partial charge is 0.478 e. The van der Waals surface area contributed by atoms with Gasteiger partial charge >= 0.3 is 5.97 Å². The maximum Gasteiger partial charge on any atom is 0.335 e. The third-order valence-electron chi connectivity index (χ3n) is 4.09. The molecule has 8 heteroatoms. The number of carbonyl (C=O) groups is 2. The molecule has 0 aliphatic carbocycles. The Morgan fingerprint density at radius 1 is 0.963 bits per heavy atom. The van der Waals surface area contributed by atoms with Crippen LogP contribution in [0, 0.1) is 0 Å². The highest BCUT2D eigenvalue weighted by atomic mass is 32.2. The van der Waals surface area contributed by atoms with Crippen LogP contribution in [0.5, 0.6) is 0 Å². The summed E-state index contributed by atoms with van der Waals surface area (Å²) in [7, 11) is -3.83. The van der Waals surface area contributed by atoms with Gasteiger partial charge in [0.15, 0.2) is 0 Å². The minimum absolute atomic E-state index is 0.0103. The Kier molecular flexibility index (Phi) is 6.57. The van der Waals surface area contributed by atoms with E-state index in [2.05, 4.69) is 4.72 Å². The Labute approximate surface area is 158 Å². The number of rotatable bonds is 8. The van der Waals surface area contributed by atoms with Crippen LogP contribution in [0.2, 0.25) is 0 Å². The molecule has 0 saturated carbocycles. The molecule has 2 rings (SSSR count). The fraction of sp³-hybridized carbons (Fsp3) is 0.263. The predicted octanol–water partition coefficient (Wildman–Crippen LogP) is 2.60. The van der Waals surface area contributed by atoms with Crippen LogP contribution in [0.4, 0.5) is 5.69 Å². The first kappa shape index (κ1) is 20.4. The number of anilines is 1. The molecule has 0 aliphatic rings. The molecule has 1 amide bonds. The Bertz CT molecular complexity index is 902. The summed E-state index contributed by atoms with van der Waals surface area (Å²) in [6.45, 7) is 5.13. The molecule has 7 nitrogen and oxygen atoms in total. The lowest BCUT2D eigenvalue weighted by Crippen LogP contribution is -2.31. The standard InChI is InChI=1S/C19H22N2O5S/c1-3-21(4-2)18(22)13-14-5-9-16(10-6-14)20-27(25,26)17-11-7-15(8-12-17)19(23)24/h5-12,20H,3-4,13H2,1-2H3,(H,23,24). The molecule has 0 aliphatic heterocycles. The second kappa shape index (κ2) is 8.68. The first-order chi connectivity index (χ1) is 12.8. The van der Waals surface area contributed by atoms with Gasteiger partial charge in [-0.25, -0.2) is 13.2 Å². The van der Waals surface area contributed by atoms with Crippen molar-refractivity contribution >= 4 is 27.6 Å². The first-order valence-electron chi connectivity index (χ1n) is 8.49. The number of nitrogens with one attached hydrogen (secondary N) is 1. The average molecular weight is 390 g/mol. The van der Waals surface area contributed by atoms with Crippen molar-refractivity contribution in [2.24, 2.45) is 0 Å². The van der Waals surface area contributed by atoms with Crippen LogP contribution in [-0.2, 0) is 21.2 Å². The highest BCUT2D eigenvalue weighted by Crippen LogP contribution is 2.18. The van der Waals surface area contributed by atoms with Gasteiger partial charge in [0.05, 0.1) is 16.9 Å². The molecular weight excluding hydrogens is 368 g/mol. The smallest absolute Gasteiger partial charge is 0.335 e. The van der Waals surface area contributed by atoms with Crippen LogP contribution >= 0.6 is 0 Å². The van der Waals surface area contributed by atoms with E-state index < -0.39 is 16.0 Å². The number of carboxylic acid groups (broad SMARTS) is 1. The zero-order valence-electron chi connectivity index (χ0n) is 15.2. The molecule has 0 spiro atoms. The van der Waals surface area contributed by atoms with Crippen LogP contribution in [-0.4, -0.2) is 43.4 Å². The lowest BCUT2D eigenvalue weighted by atomic mass is 10.1. The van der Waals surface area contributed by atoms with E-state index in [1.807, 2.05) is 13.8 Å². The van der Waals surface area contributed by atoms with Gasteiger partial charge in [0.2, 0.25) is 5.91 Å². The van der Waals surface area contributed by atoms with Crippen molar-refractivity contribution in [1.82, 2.24) is 4.90 Å². The van der Waals surface area contributed by atoms with E-state index in [0.717, 1.165) is 5.56 Å². The van der Waals surface area contributed by atoms with Gasteiger partial charge in [-0.2, -0.15) is 0 Å². The van der Waals surface area contributed by atoms with Gasteiger partial charge in [-0.05, 0) is 55.8 Å². The summed E-state index contributed by atoms with van der Waals surface area (Å²) in [6.07, 6.45) is 0.255. The number of carboxylic acids is 1. The Morgan fingerprint density at radius 2 is 1.52 bits per heavy atom. The molecule has 0 unspecified atom stereocenters. The molecule has 0 heterocycles. The van der Waals surface area contributed by atoms with Crippen LogP contribution in [0.3, 0.4) is 0 Å². The zero-order chi connectivity index (χ0) is 20.0. The normalized spacial score (nSPS) is 11.0. The molecule has 0 bridgehead atoms. The average Bonchev–Trinajstić information content (AvgIpc) is 2.64. The molecule has 0 radical (unpaired) electrons. The molecule has 0 atom stereocenters. The number of amides is 1. The van der Waals surface area contributed by atoms with Crippen molar-refractivity contribution in [2.75, 3.05) is 17.8 Å². The maximum atomic E-state index is 12.4. The third kappa shape index (κ3) is 5.30. The molecule has 0 fully saturated rings. The van der Waals surface area contributed by atoms with Crippen LogP contribution in [0.15, 0.2) is 53.4 Å². The van der Waals surface area contributed by atoms with E-state index in [4.69, 9.17) is 5.11 Å². The molecule has 2 aromatic carbocycles. The number of hydrogen-bond donors (Lipinski definition) is 2. The topological polar surface area (TPSA) is 104 Å². The monoisotopic (exact) mass is 390 g/mol. The van der Waals surface area contributed by atoms with E-state index in [1.165, 1.54) is 24.3 Å². The maximum absolute atomic E-state index is 12.4. The summed E-state index contributed by atoms with van der Waals surface area (Å²) in [5, 5.41) is 8.88. The zero-order valence-corrected chi connectivity index (χ0v) is 16.0. The summed E-state index contributed by atoms with van der Waals surface area (Å²) in [4.78, 5) is 24.7. The second-order valence-electron chi connectivity index (χ2n) is 5.87. The van der Waals surface area contributed by atoms with Gasteiger partial charge in [0, 0.05) is 18.8 Å². The predicted molar refractivity (Wildman–Crippen MR) is 102 cm³/mol. The number of hydrogen-bond acceptors (Lipinski definition) is 4. The fourth-order valence-electron chi connectivity index (χ4n) is 2.54. The molecule has 0 saturated heterocycles. The number of carbonyl (C=O) groups excluding carboxylic acids is 1. The number of aromatic carboxylic acids is 1. The van der Waals surface area contributed by atoms with Gasteiger partial charge in [-0.1, -0.05) is 12.1 Å². The van der Waals surface area contributed by atoms with E-state index >= 15 is 0 Å². The summed E-state index contributed by atoms with van der Waals surface area (Å²) in [6, 6.07) is 11.5. The van der Waals surface area contributed by atoms with Gasteiger partial charge in [0.25, 0.3) is 10.0 Å². The summed E-state index contributed by atoms with van der Waals surface area (Å²) < 4.78 is 27.2. The number of nitrogens with zero attached hydrogens (tertiary/aromatic N) is 1. The Hall–Kier alpha value is -2.87. The van der Waals surface area contributed by atoms with Crippen LogP contribution < -0.4 is 4.72 Å². The van der Waals surface area contributed by atoms with Crippen molar-refractivity contribution in [3.8, 4) is 0 Å². The highest BCUT2D eigenvalue weighted by molar-refractivity contribution is 7.92. The van der Waals surface area contributed by atoms with E-state index in [1.54, 1.807) is 29.2 Å². The van der Waals surface area contributed by atoms with E-state index in [-0.39, 0.29) is 22.8 Å². The van der Waals surface area contributed by atoms with Gasteiger partial charge in [-0.3, -0.25) is 9.52 Å². The second-order valence-corrected chi connectivity index (χ2v) is 7.56. The highest BCUT2D eigenvalue weighted by Gasteiger charge is 2.15. The number of likely N-dealkylation sites (N-methyl/N-ethyl adjacent to an activating group) is 1. The van der Waals surface area contributed by atoms with Crippen molar-refractivity contribution < 1.29 is 23.1 Å². The summed E-state index contributed by atoms with van der Waals surface area (Å²) in [5.41, 5.74) is 1.16. The van der Waals surface area contributed by atoms with E-state index in [0.29, 0.717) is 18.8 Å². The van der Waals surface area contributed by atoms with Gasteiger partial charge < -0.3 is 10.0 Å². The van der Waals surface area contributed by atoms with Gasteiger partial charge in [0.1, 0.15) is 0 Å². The molecular formula is C19H22N2O5S. The SMILES string of the molecule is CCN(CC)C(=O)Cc1ccc(NS(=O)(=O)c2ccc(C(=O)O)cc2)cc1. The third-order valence-corrected chi connectivity index (χ3v) is 5.49. The van der Waals surface area contributed by atoms with Crippen molar-refractivity contribution in [3.05, 3.63) is 59.7 Å². The summed E-state index contributed by atoms with van der Waals surface area (Å²) >= 11 is 0. The lowest BCUT2D eigenvalue weighted by Gasteiger charge is -2.18. The quantitative estimate of drug-likeness (QED) is 0.721. The molecule has 27 heavy (non-hydrogen) atoms. The number of benzene rings is 2. The minimum atomic E-state index is -3.83. The van der Waals surface area contributed by atoms with Crippen molar-refractivity contribution in [2.45, 2.75) is 25.2 Å². The molecule has 144 valence electrons. The first-order valence-corrected chi connectivity index (χ1v) is 9.98. The molecule has 2 aromatic rings. The fourth-order valence-corrected chi connectivity index (χ4v) is 3.60. The van der Waals surface area contributed by atoms with E-state index in [9.17, 15) is 18.0 Å². The van der Waals surface area contributed by atoms with Crippen LogP contribution in [0.1, 0.15) is 29.8 Å². The van der Waals surface area contributed by atoms with Crippen molar-refractivity contribution in [3.63, 3.8) is 0 Å². The van der Waals surface area contributed by atoms with Crippen molar-refractivity contribution in [1.29, 1.82) is 0 Å². The number of sulfonamides is 1.